The zero-order valence-corrected chi connectivity index (χ0v) is 14.5. The third-order valence-corrected chi connectivity index (χ3v) is 5.04. The van der Waals surface area contributed by atoms with E-state index >= 15 is 0 Å². The topological polar surface area (TPSA) is 33.4 Å². The van der Waals surface area contributed by atoms with Crippen LogP contribution in [0.2, 0.25) is 5.15 Å². The second-order valence-corrected chi connectivity index (χ2v) is 6.69. The highest BCUT2D eigenvalue weighted by Crippen LogP contribution is 2.41. The maximum Gasteiger partial charge on any atom is 0.236 e. The lowest BCUT2D eigenvalue weighted by Crippen LogP contribution is -2.39. The summed E-state index contributed by atoms with van der Waals surface area (Å²) in [7, 11) is 0. The molecule has 4 rings (SSSR count). The number of fused-ring (bicyclic) bond motifs is 1. The maximum absolute atomic E-state index is 14.5. The summed E-state index contributed by atoms with van der Waals surface area (Å²) in [6, 6.07) is 4.03. The van der Waals surface area contributed by atoms with Gasteiger partial charge in [-0.2, -0.15) is 4.98 Å². The third-order valence-electron chi connectivity index (χ3n) is 4.77. The number of piperidine rings is 1. The molecule has 0 bridgehead atoms. The minimum absolute atomic E-state index is 0.0514. The first-order valence-corrected chi connectivity index (χ1v) is 8.69. The van der Waals surface area contributed by atoms with Gasteiger partial charge in [0.25, 0.3) is 0 Å². The largest absolute Gasteiger partial charge is 0.354 e. The quantitative estimate of drug-likeness (QED) is 0.619. The van der Waals surface area contributed by atoms with Crippen LogP contribution in [0.15, 0.2) is 30.6 Å². The SMILES string of the molecule is CC1CCCCN1c1c(-c2c(F)cccc2F)c(Cl)nc2nccn12. The van der Waals surface area contributed by atoms with Gasteiger partial charge in [0.15, 0.2) is 0 Å². The van der Waals surface area contributed by atoms with E-state index in [-0.39, 0.29) is 22.3 Å². The highest BCUT2D eigenvalue weighted by atomic mass is 35.5. The Morgan fingerprint density at radius 3 is 2.64 bits per heavy atom. The van der Waals surface area contributed by atoms with Crippen molar-refractivity contribution in [2.45, 2.75) is 32.2 Å². The van der Waals surface area contributed by atoms with Crippen LogP contribution in [-0.2, 0) is 0 Å². The highest BCUT2D eigenvalue weighted by molar-refractivity contribution is 6.33. The van der Waals surface area contributed by atoms with Gasteiger partial charge in [-0.1, -0.05) is 17.7 Å². The zero-order valence-electron chi connectivity index (χ0n) is 13.7. The number of benzene rings is 1. The van der Waals surface area contributed by atoms with Crippen molar-refractivity contribution in [1.82, 2.24) is 14.4 Å². The molecule has 2 aromatic heterocycles. The molecule has 1 fully saturated rings. The minimum atomic E-state index is -0.658. The number of hydrogen-bond acceptors (Lipinski definition) is 3. The van der Waals surface area contributed by atoms with Crippen molar-refractivity contribution in [2.75, 3.05) is 11.4 Å². The van der Waals surface area contributed by atoms with Gasteiger partial charge in [0.2, 0.25) is 5.78 Å². The fourth-order valence-electron chi connectivity index (χ4n) is 3.55. The Kier molecular flexibility index (Phi) is 4.07. The van der Waals surface area contributed by atoms with Crippen LogP contribution in [0.3, 0.4) is 0 Å². The van der Waals surface area contributed by atoms with Crippen LogP contribution in [0.4, 0.5) is 14.6 Å². The molecule has 1 saturated heterocycles. The molecule has 1 unspecified atom stereocenters. The van der Waals surface area contributed by atoms with Crippen LogP contribution in [0.5, 0.6) is 0 Å². The molecular formula is C18H17ClF2N4. The normalized spacial score (nSPS) is 18.1. The third kappa shape index (κ3) is 2.65. The molecule has 7 heteroatoms. The number of hydrogen-bond donors (Lipinski definition) is 0. The predicted octanol–water partition coefficient (Wildman–Crippen LogP) is 4.71. The van der Waals surface area contributed by atoms with Crippen LogP contribution in [0, 0.1) is 11.6 Å². The van der Waals surface area contributed by atoms with E-state index in [0.717, 1.165) is 25.8 Å². The standard InChI is InChI=1S/C18H17ClF2N4/c1-11-5-2-3-9-24(11)17-15(14-12(20)6-4-7-13(14)21)16(19)23-18-22-8-10-25(17)18/h4,6-8,10-11H,2-3,5,9H2,1H3. The lowest BCUT2D eigenvalue weighted by molar-refractivity contribution is 0.480. The lowest BCUT2D eigenvalue weighted by Gasteiger charge is -2.37. The summed E-state index contributed by atoms with van der Waals surface area (Å²) in [4.78, 5) is 10.6. The van der Waals surface area contributed by atoms with Crippen molar-refractivity contribution in [3.63, 3.8) is 0 Å². The molecule has 4 nitrogen and oxygen atoms in total. The highest BCUT2D eigenvalue weighted by Gasteiger charge is 2.29. The van der Waals surface area contributed by atoms with Crippen molar-refractivity contribution in [3.8, 4) is 11.1 Å². The smallest absolute Gasteiger partial charge is 0.236 e. The number of imidazole rings is 1. The Hall–Kier alpha value is -2.21. The Bertz CT molecular complexity index is 920. The van der Waals surface area contributed by atoms with E-state index in [1.807, 2.05) is 0 Å². The van der Waals surface area contributed by atoms with E-state index in [9.17, 15) is 8.78 Å². The van der Waals surface area contributed by atoms with Gasteiger partial charge < -0.3 is 4.90 Å². The summed E-state index contributed by atoms with van der Waals surface area (Å²) in [6.45, 7) is 2.90. The van der Waals surface area contributed by atoms with Gasteiger partial charge in [-0.25, -0.2) is 13.8 Å². The molecule has 1 aliphatic rings. The molecule has 3 aromatic rings. The minimum Gasteiger partial charge on any atom is -0.354 e. The fourth-order valence-corrected chi connectivity index (χ4v) is 3.80. The molecule has 0 amide bonds. The van der Waals surface area contributed by atoms with Crippen molar-refractivity contribution < 1.29 is 8.78 Å². The van der Waals surface area contributed by atoms with Crippen LogP contribution >= 0.6 is 11.6 Å². The Balaban J connectivity index is 2.07. The van der Waals surface area contributed by atoms with Gasteiger partial charge in [-0.05, 0) is 38.3 Å². The molecule has 3 heterocycles. The molecule has 0 N–H and O–H groups in total. The number of nitrogens with zero attached hydrogens (tertiary/aromatic N) is 4. The second kappa shape index (κ2) is 6.26. The van der Waals surface area contributed by atoms with Crippen LogP contribution in [0.25, 0.3) is 16.9 Å². The molecular weight excluding hydrogens is 346 g/mol. The molecule has 0 saturated carbocycles. The molecule has 1 atom stereocenters. The second-order valence-electron chi connectivity index (χ2n) is 6.33. The predicted molar refractivity (Wildman–Crippen MR) is 94.0 cm³/mol. The summed E-state index contributed by atoms with van der Waals surface area (Å²) in [5.74, 6) is -0.259. The summed E-state index contributed by atoms with van der Waals surface area (Å²) in [5.41, 5.74) is 0.125. The van der Waals surface area contributed by atoms with E-state index in [1.54, 1.807) is 16.8 Å². The van der Waals surface area contributed by atoms with Crippen LogP contribution in [-0.4, -0.2) is 27.0 Å². The molecule has 0 aliphatic carbocycles. The Labute approximate surface area is 149 Å². The van der Waals surface area contributed by atoms with E-state index in [0.29, 0.717) is 11.6 Å². The molecule has 130 valence electrons. The van der Waals surface area contributed by atoms with E-state index in [4.69, 9.17) is 11.6 Å². The summed E-state index contributed by atoms with van der Waals surface area (Å²) >= 11 is 6.39. The molecule has 0 spiro atoms. The van der Waals surface area contributed by atoms with E-state index in [1.165, 1.54) is 18.2 Å². The molecule has 0 radical (unpaired) electrons. The summed E-state index contributed by atoms with van der Waals surface area (Å²) in [6.07, 6.45) is 6.51. The zero-order chi connectivity index (χ0) is 17.6. The van der Waals surface area contributed by atoms with Crippen LogP contribution in [0.1, 0.15) is 26.2 Å². The van der Waals surface area contributed by atoms with Crippen LogP contribution < -0.4 is 4.90 Å². The van der Waals surface area contributed by atoms with Gasteiger partial charge >= 0.3 is 0 Å². The lowest BCUT2D eigenvalue weighted by atomic mass is 10.0. The summed E-state index contributed by atoms with van der Waals surface area (Å²) < 4.78 is 30.8. The Morgan fingerprint density at radius 1 is 1.16 bits per heavy atom. The first-order chi connectivity index (χ1) is 12.1. The van der Waals surface area contributed by atoms with Gasteiger partial charge in [0, 0.05) is 25.0 Å². The van der Waals surface area contributed by atoms with E-state index in [2.05, 4.69) is 21.8 Å². The van der Waals surface area contributed by atoms with Crippen molar-refractivity contribution in [2.24, 2.45) is 0 Å². The van der Waals surface area contributed by atoms with Gasteiger partial charge in [-0.3, -0.25) is 4.40 Å². The monoisotopic (exact) mass is 362 g/mol. The van der Waals surface area contributed by atoms with Crippen molar-refractivity contribution in [3.05, 3.63) is 47.4 Å². The molecule has 1 aromatic carbocycles. The number of anilines is 1. The molecule has 1 aliphatic heterocycles. The number of rotatable bonds is 2. The van der Waals surface area contributed by atoms with Gasteiger partial charge in [0.05, 0.1) is 11.1 Å². The average molecular weight is 363 g/mol. The first kappa shape index (κ1) is 16.3. The molecule has 25 heavy (non-hydrogen) atoms. The maximum atomic E-state index is 14.5. The summed E-state index contributed by atoms with van der Waals surface area (Å²) in [5, 5.41) is 0.0514. The van der Waals surface area contributed by atoms with Gasteiger partial charge in [-0.15, -0.1) is 0 Å². The van der Waals surface area contributed by atoms with Crippen molar-refractivity contribution >= 4 is 23.2 Å². The average Bonchev–Trinajstić information content (AvgIpc) is 3.03. The number of halogens is 3. The van der Waals surface area contributed by atoms with E-state index < -0.39 is 11.6 Å². The number of aromatic nitrogens is 3. The Morgan fingerprint density at radius 2 is 1.92 bits per heavy atom. The van der Waals surface area contributed by atoms with Gasteiger partial charge in [0.1, 0.15) is 22.6 Å². The first-order valence-electron chi connectivity index (χ1n) is 8.31. The fraction of sp³-hybridized carbons (Fsp3) is 0.333. The van der Waals surface area contributed by atoms with Crippen molar-refractivity contribution in [1.29, 1.82) is 0 Å².